The highest BCUT2D eigenvalue weighted by Gasteiger charge is 2.24. The lowest BCUT2D eigenvalue weighted by Gasteiger charge is -2.36. The summed E-state index contributed by atoms with van der Waals surface area (Å²) >= 11 is 0. The van der Waals surface area contributed by atoms with Gasteiger partial charge in [0.15, 0.2) is 0 Å². The van der Waals surface area contributed by atoms with Gasteiger partial charge >= 0.3 is 0 Å². The molecule has 1 aliphatic rings. The molecule has 1 aliphatic heterocycles. The largest absolute Gasteiger partial charge is 0.494 e. The second kappa shape index (κ2) is 7.46. The predicted octanol–water partition coefficient (Wildman–Crippen LogP) is 2.23. The first kappa shape index (κ1) is 15.8. The van der Waals surface area contributed by atoms with Gasteiger partial charge in [0.05, 0.1) is 6.61 Å². The molecule has 116 valence electrons. The van der Waals surface area contributed by atoms with E-state index in [2.05, 4.69) is 19.2 Å². The third-order valence-electron chi connectivity index (χ3n) is 3.79. The Hall–Kier alpha value is -1.55. The van der Waals surface area contributed by atoms with E-state index < -0.39 is 0 Å². The van der Waals surface area contributed by atoms with Crippen LogP contribution in [0.2, 0.25) is 0 Å². The standard InChI is InChI=1S/C17H26N2O2/c1-4-21-16-8-6-5-7-15(16)9-10-17(20)19-11-13(2)18-14(3)12-19/h5-8,13-14,18H,4,9-12H2,1-3H3. The number of benzene rings is 1. The van der Waals surface area contributed by atoms with Crippen LogP contribution in [-0.4, -0.2) is 42.6 Å². The molecule has 1 aromatic rings. The second-order valence-electron chi connectivity index (χ2n) is 5.81. The van der Waals surface area contributed by atoms with Gasteiger partial charge in [-0.25, -0.2) is 0 Å². The number of hydrogen-bond donors (Lipinski definition) is 1. The Kier molecular flexibility index (Phi) is 5.62. The molecule has 1 N–H and O–H groups in total. The Morgan fingerprint density at radius 2 is 1.95 bits per heavy atom. The summed E-state index contributed by atoms with van der Waals surface area (Å²) in [4.78, 5) is 14.4. The fourth-order valence-corrected chi connectivity index (χ4v) is 2.94. The number of para-hydroxylation sites is 1. The molecule has 0 spiro atoms. The first-order chi connectivity index (χ1) is 10.1. The van der Waals surface area contributed by atoms with Crippen LogP contribution in [0.1, 0.15) is 32.8 Å². The molecule has 1 fully saturated rings. The van der Waals surface area contributed by atoms with E-state index in [4.69, 9.17) is 4.74 Å². The topological polar surface area (TPSA) is 41.6 Å². The lowest BCUT2D eigenvalue weighted by atomic mass is 10.1. The number of rotatable bonds is 5. The van der Waals surface area contributed by atoms with Crippen LogP contribution in [0.25, 0.3) is 0 Å². The van der Waals surface area contributed by atoms with Gasteiger partial charge in [-0.3, -0.25) is 4.79 Å². The lowest BCUT2D eigenvalue weighted by molar-refractivity contribution is -0.132. The molecule has 2 atom stereocenters. The maximum atomic E-state index is 12.4. The van der Waals surface area contributed by atoms with Crippen LogP contribution in [0.15, 0.2) is 24.3 Å². The van der Waals surface area contributed by atoms with E-state index in [1.54, 1.807) is 0 Å². The number of ether oxygens (including phenoxy) is 1. The van der Waals surface area contributed by atoms with Gasteiger partial charge in [0.2, 0.25) is 5.91 Å². The maximum absolute atomic E-state index is 12.4. The average Bonchev–Trinajstić information content (AvgIpc) is 2.45. The Balaban J connectivity index is 1.92. The fourth-order valence-electron chi connectivity index (χ4n) is 2.94. The highest BCUT2D eigenvalue weighted by molar-refractivity contribution is 5.76. The quantitative estimate of drug-likeness (QED) is 0.904. The van der Waals surface area contributed by atoms with Crippen LogP contribution >= 0.6 is 0 Å². The minimum absolute atomic E-state index is 0.238. The first-order valence-electron chi connectivity index (χ1n) is 7.84. The van der Waals surface area contributed by atoms with Crippen molar-refractivity contribution in [2.45, 2.75) is 45.7 Å². The van der Waals surface area contributed by atoms with E-state index in [-0.39, 0.29) is 5.91 Å². The average molecular weight is 290 g/mol. The molecule has 4 heteroatoms. The molecule has 1 heterocycles. The Labute approximate surface area is 127 Å². The normalized spacial score (nSPS) is 22.1. The second-order valence-corrected chi connectivity index (χ2v) is 5.81. The molecule has 0 aromatic heterocycles. The van der Waals surface area contributed by atoms with Crippen LogP contribution in [0, 0.1) is 0 Å². The van der Waals surface area contributed by atoms with Crippen molar-refractivity contribution < 1.29 is 9.53 Å². The molecule has 1 amide bonds. The van der Waals surface area contributed by atoms with Crippen molar-refractivity contribution in [1.82, 2.24) is 10.2 Å². The van der Waals surface area contributed by atoms with Gasteiger partial charge in [0.1, 0.15) is 5.75 Å². The molecule has 0 aliphatic carbocycles. The highest BCUT2D eigenvalue weighted by atomic mass is 16.5. The van der Waals surface area contributed by atoms with Gasteiger partial charge in [-0.15, -0.1) is 0 Å². The summed E-state index contributed by atoms with van der Waals surface area (Å²) in [6.45, 7) is 8.48. The number of carbonyl (C=O) groups is 1. The zero-order valence-electron chi connectivity index (χ0n) is 13.3. The van der Waals surface area contributed by atoms with E-state index in [1.165, 1.54) is 0 Å². The van der Waals surface area contributed by atoms with Crippen molar-refractivity contribution in [1.29, 1.82) is 0 Å². The Morgan fingerprint density at radius 1 is 1.29 bits per heavy atom. The van der Waals surface area contributed by atoms with Gasteiger partial charge in [0.25, 0.3) is 0 Å². The predicted molar refractivity (Wildman–Crippen MR) is 84.6 cm³/mol. The lowest BCUT2D eigenvalue weighted by Crippen LogP contribution is -2.55. The summed E-state index contributed by atoms with van der Waals surface area (Å²) in [6.07, 6.45) is 1.28. The molecule has 1 aromatic carbocycles. The zero-order valence-corrected chi connectivity index (χ0v) is 13.3. The van der Waals surface area contributed by atoms with Gasteiger partial charge in [0, 0.05) is 31.6 Å². The van der Waals surface area contributed by atoms with E-state index in [1.807, 2.05) is 36.1 Å². The molecule has 4 nitrogen and oxygen atoms in total. The zero-order chi connectivity index (χ0) is 15.2. The molecule has 2 rings (SSSR count). The fraction of sp³-hybridized carbons (Fsp3) is 0.588. The van der Waals surface area contributed by atoms with Gasteiger partial charge in [-0.2, -0.15) is 0 Å². The molecule has 2 unspecified atom stereocenters. The van der Waals surface area contributed by atoms with E-state index >= 15 is 0 Å². The molecular formula is C17H26N2O2. The van der Waals surface area contributed by atoms with E-state index in [0.717, 1.165) is 30.8 Å². The number of amides is 1. The van der Waals surface area contributed by atoms with Crippen molar-refractivity contribution in [3.05, 3.63) is 29.8 Å². The molecule has 21 heavy (non-hydrogen) atoms. The number of piperazine rings is 1. The third kappa shape index (κ3) is 4.46. The molecule has 1 saturated heterocycles. The highest BCUT2D eigenvalue weighted by Crippen LogP contribution is 2.20. The van der Waals surface area contributed by atoms with E-state index in [0.29, 0.717) is 25.1 Å². The molecular weight excluding hydrogens is 264 g/mol. The first-order valence-corrected chi connectivity index (χ1v) is 7.84. The summed E-state index contributed by atoms with van der Waals surface area (Å²) in [5, 5.41) is 3.45. The van der Waals surface area contributed by atoms with Crippen LogP contribution in [0.4, 0.5) is 0 Å². The number of carbonyl (C=O) groups excluding carboxylic acids is 1. The van der Waals surface area contributed by atoms with Crippen molar-refractivity contribution in [3.63, 3.8) is 0 Å². The van der Waals surface area contributed by atoms with Crippen LogP contribution in [-0.2, 0) is 11.2 Å². The summed E-state index contributed by atoms with van der Waals surface area (Å²) in [7, 11) is 0. The van der Waals surface area contributed by atoms with Gasteiger partial charge < -0.3 is 15.0 Å². The monoisotopic (exact) mass is 290 g/mol. The van der Waals surface area contributed by atoms with Crippen molar-refractivity contribution in [2.24, 2.45) is 0 Å². The number of hydrogen-bond acceptors (Lipinski definition) is 3. The maximum Gasteiger partial charge on any atom is 0.223 e. The van der Waals surface area contributed by atoms with Gasteiger partial charge in [-0.1, -0.05) is 18.2 Å². The Morgan fingerprint density at radius 3 is 2.62 bits per heavy atom. The number of aryl methyl sites for hydroxylation is 1. The van der Waals surface area contributed by atoms with Crippen molar-refractivity contribution >= 4 is 5.91 Å². The molecule has 0 radical (unpaired) electrons. The number of nitrogens with one attached hydrogen (secondary N) is 1. The summed E-state index contributed by atoms with van der Waals surface area (Å²) < 4.78 is 5.61. The van der Waals surface area contributed by atoms with Crippen LogP contribution in [0.3, 0.4) is 0 Å². The smallest absolute Gasteiger partial charge is 0.223 e. The summed E-state index contributed by atoms with van der Waals surface area (Å²) in [5.41, 5.74) is 1.11. The number of nitrogens with zero attached hydrogens (tertiary/aromatic N) is 1. The van der Waals surface area contributed by atoms with Crippen LogP contribution in [0.5, 0.6) is 5.75 Å². The Bertz CT molecular complexity index is 466. The SMILES string of the molecule is CCOc1ccccc1CCC(=O)N1CC(C)NC(C)C1. The molecule has 0 bridgehead atoms. The van der Waals surface area contributed by atoms with Gasteiger partial charge in [-0.05, 0) is 38.8 Å². The van der Waals surface area contributed by atoms with Crippen molar-refractivity contribution in [2.75, 3.05) is 19.7 Å². The third-order valence-corrected chi connectivity index (χ3v) is 3.79. The minimum Gasteiger partial charge on any atom is -0.494 e. The summed E-state index contributed by atoms with van der Waals surface area (Å²) in [5.74, 6) is 1.14. The minimum atomic E-state index is 0.238. The van der Waals surface area contributed by atoms with Crippen molar-refractivity contribution in [3.8, 4) is 5.75 Å². The van der Waals surface area contributed by atoms with Crippen LogP contribution < -0.4 is 10.1 Å². The van der Waals surface area contributed by atoms with E-state index in [9.17, 15) is 4.79 Å². The summed E-state index contributed by atoms with van der Waals surface area (Å²) in [6, 6.07) is 8.72. The molecule has 0 saturated carbocycles.